The van der Waals surface area contributed by atoms with Gasteiger partial charge >= 0.3 is 0 Å². The van der Waals surface area contributed by atoms with Gasteiger partial charge in [-0.3, -0.25) is 0 Å². The molecule has 0 spiro atoms. The van der Waals surface area contributed by atoms with Crippen LogP contribution in [0.2, 0.25) is 0 Å². The maximum Gasteiger partial charge on any atom is 0.215 e. The minimum Gasteiger partial charge on any atom is -0.497 e. The van der Waals surface area contributed by atoms with E-state index < -0.39 is 10.0 Å². The van der Waals surface area contributed by atoms with Crippen LogP contribution in [0.5, 0.6) is 11.5 Å². The van der Waals surface area contributed by atoms with Gasteiger partial charge in [0.2, 0.25) is 10.0 Å². The fourth-order valence-electron chi connectivity index (χ4n) is 1.83. The molecule has 0 fully saturated rings. The summed E-state index contributed by atoms with van der Waals surface area (Å²) in [4.78, 5) is 0. The van der Waals surface area contributed by atoms with Gasteiger partial charge in [0.15, 0.2) is 0 Å². The Bertz CT molecular complexity index is 686. The molecule has 0 aliphatic heterocycles. The number of benzene rings is 2. The summed E-state index contributed by atoms with van der Waals surface area (Å²) >= 11 is 0. The average Bonchev–Trinajstić information content (AvgIpc) is 2.54. The van der Waals surface area contributed by atoms with Crippen molar-refractivity contribution in [3.8, 4) is 11.5 Å². The Kier molecular flexibility index (Phi) is 5.80. The molecule has 2 aromatic rings. The van der Waals surface area contributed by atoms with Gasteiger partial charge in [0, 0.05) is 6.54 Å². The fourth-order valence-corrected chi connectivity index (χ4v) is 2.67. The van der Waals surface area contributed by atoms with Crippen molar-refractivity contribution >= 4 is 10.0 Å². The van der Waals surface area contributed by atoms with Crippen molar-refractivity contribution in [3.05, 3.63) is 60.2 Å². The highest BCUT2D eigenvalue weighted by molar-refractivity contribution is 7.89. The normalized spacial score (nSPS) is 11.1. The number of ether oxygens (including phenoxy) is 2. The van der Waals surface area contributed by atoms with Crippen molar-refractivity contribution in [1.29, 1.82) is 0 Å². The highest BCUT2D eigenvalue weighted by Gasteiger charge is 2.10. The summed E-state index contributed by atoms with van der Waals surface area (Å²) < 4.78 is 36.9. The number of hydrogen-bond donors (Lipinski definition) is 1. The van der Waals surface area contributed by atoms with Crippen molar-refractivity contribution in [2.24, 2.45) is 0 Å². The Morgan fingerprint density at radius 1 is 1.00 bits per heavy atom. The molecule has 0 saturated carbocycles. The van der Waals surface area contributed by atoms with Gasteiger partial charge in [0.1, 0.15) is 18.1 Å². The van der Waals surface area contributed by atoms with Crippen LogP contribution in [0.3, 0.4) is 0 Å². The first-order valence-electron chi connectivity index (χ1n) is 6.87. The third-order valence-corrected chi connectivity index (χ3v) is 4.28. The third kappa shape index (κ3) is 5.38. The lowest BCUT2D eigenvalue weighted by Gasteiger charge is -2.09. The largest absolute Gasteiger partial charge is 0.497 e. The average molecular weight is 321 g/mol. The molecule has 0 heterocycles. The second-order valence-corrected chi connectivity index (χ2v) is 6.58. The molecule has 22 heavy (non-hydrogen) atoms. The lowest BCUT2D eigenvalue weighted by molar-refractivity contribution is 0.340. The van der Waals surface area contributed by atoms with Crippen LogP contribution in [0.1, 0.15) is 5.56 Å². The van der Waals surface area contributed by atoms with E-state index in [1.807, 2.05) is 36.4 Å². The first-order valence-corrected chi connectivity index (χ1v) is 8.52. The Morgan fingerprint density at radius 2 is 1.73 bits per heavy atom. The van der Waals surface area contributed by atoms with Gasteiger partial charge in [-0.1, -0.05) is 30.3 Å². The van der Waals surface area contributed by atoms with Crippen molar-refractivity contribution < 1.29 is 17.9 Å². The van der Waals surface area contributed by atoms with E-state index in [1.54, 1.807) is 25.3 Å². The first-order chi connectivity index (χ1) is 10.6. The van der Waals surface area contributed by atoms with Crippen molar-refractivity contribution in [1.82, 2.24) is 4.72 Å². The van der Waals surface area contributed by atoms with E-state index in [-0.39, 0.29) is 18.9 Å². The first kappa shape index (κ1) is 16.3. The molecule has 2 rings (SSSR count). The Labute approximate surface area is 130 Å². The van der Waals surface area contributed by atoms with Crippen LogP contribution in [0.15, 0.2) is 54.6 Å². The van der Waals surface area contributed by atoms with Gasteiger partial charge in [0.25, 0.3) is 0 Å². The lowest BCUT2D eigenvalue weighted by atomic mass is 10.2. The lowest BCUT2D eigenvalue weighted by Crippen LogP contribution is -2.28. The van der Waals surface area contributed by atoms with E-state index in [0.29, 0.717) is 11.5 Å². The topological polar surface area (TPSA) is 64.6 Å². The molecule has 1 N–H and O–H groups in total. The van der Waals surface area contributed by atoms with Crippen LogP contribution in [0.4, 0.5) is 0 Å². The number of nitrogens with one attached hydrogen (secondary N) is 1. The summed E-state index contributed by atoms with van der Waals surface area (Å²) in [7, 11) is -1.81. The van der Waals surface area contributed by atoms with Gasteiger partial charge in [0.05, 0.1) is 12.9 Å². The van der Waals surface area contributed by atoms with Crippen LogP contribution in [0, 0.1) is 0 Å². The molecule has 0 amide bonds. The summed E-state index contributed by atoms with van der Waals surface area (Å²) in [5.74, 6) is 1.26. The predicted molar refractivity (Wildman–Crippen MR) is 85.6 cm³/mol. The Morgan fingerprint density at radius 3 is 2.45 bits per heavy atom. The van der Waals surface area contributed by atoms with Gasteiger partial charge in [-0.05, 0) is 29.8 Å². The summed E-state index contributed by atoms with van der Waals surface area (Å²) in [6.07, 6.45) is 0. The van der Waals surface area contributed by atoms with Gasteiger partial charge in [-0.2, -0.15) is 0 Å². The van der Waals surface area contributed by atoms with Crippen molar-refractivity contribution in [3.63, 3.8) is 0 Å². The molecule has 0 aromatic heterocycles. The molecule has 0 saturated heterocycles. The van der Waals surface area contributed by atoms with E-state index in [1.165, 1.54) is 0 Å². The molecule has 0 atom stereocenters. The number of sulfonamides is 1. The molecule has 0 aliphatic carbocycles. The number of para-hydroxylation sites is 1. The van der Waals surface area contributed by atoms with Gasteiger partial charge in [-0.15, -0.1) is 0 Å². The van der Waals surface area contributed by atoms with E-state index in [4.69, 9.17) is 9.47 Å². The van der Waals surface area contributed by atoms with E-state index in [9.17, 15) is 8.42 Å². The zero-order valence-corrected chi connectivity index (χ0v) is 13.2. The Balaban J connectivity index is 1.80. The molecular formula is C16H19NO4S. The van der Waals surface area contributed by atoms with Crippen LogP contribution in [-0.4, -0.2) is 27.9 Å². The fraction of sp³-hybridized carbons (Fsp3) is 0.250. The van der Waals surface area contributed by atoms with Crippen molar-refractivity contribution in [2.45, 2.75) is 6.54 Å². The summed E-state index contributed by atoms with van der Waals surface area (Å²) in [6, 6.07) is 16.4. The van der Waals surface area contributed by atoms with Crippen LogP contribution in [0.25, 0.3) is 0 Å². The molecule has 6 heteroatoms. The zero-order chi connectivity index (χ0) is 15.8. The van der Waals surface area contributed by atoms with E-state index in [0.717, 1.165) is 5.56 Å². The Hall–Kier alpha value is -2.05. The molecular weight excluding hydrogens is 302 g/mol. The molecule has 0 unspecified atom stereocenters. The molecule has 0 bridgehead atoms. The third-order valence-electron chi connectivity index (χ3n) is 2.99. The summed E-state index contributed by atoms with van der Waals surface area (Å²) in [5, 5.41) is 0. The van der Waals surface area contributed by atoms with Crippen molar-refractivity contribution in [2.75, 3.05) is 19.5 Å². The van der Waals surface area contributed by atoms with Gasteiger partial charge < -0.3 is 9.47 Å². The second-order valence-electron chi connectivity index (χ2n) is 4.65. The maximum absolute atomic E-state index is 11.9. The molecule has 0 radical (unpaired) electrons. The van der Waals surface area contributed by atoms with Gasteiger partial charge in [-0.25, -0.2) is 13.1 Å². The van der Waals surface area contributed by atoms with Crippen LogP contribution >= 0.6 is 0 Å². The highest BCUT2D eigenvalue weighted by Crippen LogP contribution is 2.12. The molecule has 118 valence electrons. The SMILES string of the molecule is COc1cccc(CNS(=O)(=O)CCOc2ccccc2)c1. The minimum absolute atomic E-state index is 0.0914. The quantitative estimate of drug-likeness (QED) is 0.809. The standard InChI is InChI=1S/C16H19NO4S/c1-20-16-9-5-6-14(12-16)13-17-22(18,19)11-10-21-15-7-3-2-4-8-15/h2-9,12,17H,10-11,13H2,1H3. The predicted octanol–water partition coefficient (Wildman–Crippen LogP) is 2.19. The summed E-state index contributed by atoms with van der Waals surface area (Å²) in [5.41, 5.74) is 0.840. The monoisotopic (exact) mass is 321 g/mol. The number of methoxy groups -OCH3 is 1. The van der Waals surface area contributed by atoms with E-state index in [2.05, 4.69) is 4.72 Å². The van der Waals surface area contributed by atoms with Crippen LogP contribution < -0.4 is 14.2 Å². The number of rotatable bonds is 8. The van der Waals surface area contributed by atoms with Crippen LogP contribution in [-0.2, 0) is 16.6 Å². The second kappa shape index (κ2) is 7.82. The maximum atomic E-state index is 11.9. The molecule has 0 aliphatic rings. The molecule has 5 nitrogen and oxygen atoms in total. The highest BCUT2D eigenvalue weighted by atomic mass is 32.2. The summed E-state index contributed by atoms with van der Waals surface area (Å²) in [6.45, 7) is 0.336. The zero-order valence-electron chi connectivity index (χ0n) is 12.4. The van der Waals surface area contributed by atoms with E-state index >= 15 is 0 Å². The smallest absolute Gasteiger partial charge is 0.215 e. The minimum atomic E-state index is -3.39. The molecule has 2 aromatic carbocycles. The number of hydrogen-bond acceptors (Lipinski definition) is 4.